The van der Waals surface area contributed by atoms with Crippen LogP contribution in [0.4, 0.5) is 0 Å². The second-order valence-corrected chi connectivity index (χ2v) is 6.86. The van der Waals surface area contributed by atoms with Crippen LogP contribution >= 0.6 is 0 Å². The van der Waals surface area contributed by atoms with Crippen molar-refractivity contribution in [2.24, 2.45) is 5.73 Å². The van der Waals surface area contributed by atoms with E-state index in [0.717, 1.165) is 56.6 Å². The molecule has 5 nitrogen and oxygen atoms in total. The van der Waals surface area contributed by atoms with Crippen LogP contribution in [-0.2, 0) is 24.2 Å². The van der Waals surface area contributed by atoms with E-state index in [0.29, 0.717) is 0 Å². The Bertz CT molecular complexity index is 737. The number of hydrogen-bond donors (Lipinski definition) is 1. The summed E-state index contributed by atoms with van der Waals surface area (Å²) in [5.74, 6) is -0.200. The number of likely N-dealkylation sites (tertiary alicyclic amines) is 1. The summed E-state index contributed by atoms with van der Waals surface area (Å²) in [4.78, 5) is 14.0. The van der Waals surface area contributed by atoms with Crippen molar-refractivity contribution in [2.75, 3.05) is 6.54 Å². The SMILES string of the molecule is NC(=O)[C@H]1CCCCN1Cc1nn(-c2ccccc2)c2c1CCC2. The maximum absolute atomic E-state index is 11.8. The maximum Gasteiger partial charge on any atom is 0.234 e. The number of fused-ring (bicyclic) bond motifs is 1. The molecule has 1 saturated heterocycles. The lowest BCUT2D eigenvalue weighted by Gasteiger charge is -2.33. The lowest BCUT2D eigenvalue weighted by Crippen LogP contribution is -2.47. The molecule has 1 atom stereocenters. The maximum atomic E-state index is 11.8. The van der Waals surface area contributed by atoms with Crippen molar-refractivity contribution < 1.29 is 4.79 Å². The fourth-order valence-electron chi connectivity index (χ4n) is 4.12. The largest absolute Gasteiger partial charge is 0.368 e. The number of nitrogens with zero attached hydrogens (tertiary/aromatic N) is 3. The van der Waals surface area contributed by atoms with Crippen LogP contribution in [-0.4, -0.2) is 33.2 Å². The van der Waals surface area contributed by atoms with Crippen molar-refractivity contribution in [1.29, 1.82) is 0 Å². The number of amides is 1. The summed E-state index contributed by atoms with van der Waals surface area (Å²) in [5.41, 5.74) is 10.6. The van der Waals surface area contributed by atoms with Crippen LogP contribution < -0.4 is 5.73 Å². The zero-order valence-electron chi connectivity index (χ0n) is 13.9. The summed E-state index contributed by atoms with van der Waals surface area (Å²) in [6, 6.07) is 10.2. The Labute approximate surface area is 142 Å². The Balaban J connectivity index is 1.65. The summed E-state index contributed by atoms with van der Waals surface area (Å²) in [7, 11) is 0. The van der Waals surface area contributed by atoms with Crippen LogP contribution in [0.2, 0.25) is 0 Å². The monoisotopic (exact) mass is 324 g/mol. The predicted molar refractivity (Wildman–Crippen MR) is 92.8 cm³/mol. The number of nitrogens with two attached hydrogens (primary N) is 1. The van der Waals surface area contributed by atoms with Gasteiger partial charge in [0.2, 0.25) is 5.91 Å². The first-order valence-electron chi connectivity index (χ1n) is 8.92. The normalized spacial score (nSPS) is 20.9. The molecule has 1 amide bonds. The van der Waals surface area contributed by atoms with Crippen LogP contribution in [0.1, 0.15) is 42.6 Å². The van der Waals surface area contributed by atoms with E-state index < -0.39 is 0 Å². The molecule has 0 unspecified atom stereocenters. The highest BCUT2D eigenvalue weighted by atomic mass is 16.1. The van der Waals surface area contributed by atoms with Gasteiger partial charge in [-0.1, -0.05) is 24.6 Å². The predicted octanol–water partition coefficient (Wildman–Crippen LogP) is 2.20. The molecule has 126 valence electrons. The smallest absolute Gasteiger partial charge is 0.234 e. The average molecular weight is 324 g/mol. The Hall–Kier alpha value is -2.14. The van der Waals surface area contributed by atoms with Crippen LogP contribution in [0.3, 0.4) is 0 Å². The van der Waals surface area contributed by atoms with Gasteiger partial charge in [-0.2, -0.15) is 5.10 Å². The van der Waals surface area contributed by atoms with Gasteiger partial charge in [0.1, 0.15) is 0 Å². The molecule has 2 aromatic rings. The summed E-state index contributed by atoms with van der Waals surface area (Å²) >= 11 is 0. The molecule has 2 aliphatic rings. The quantitative estimate of drug-likeness (QED) is 0.938. The zero-order chi connectivity index (χ0) is 16.5. The minimum Gasteiger partial charge on any atom is -0.368 e. The van der Waals surface area contributed by atoms with E-state index in [-0.39, 0.29) is 11.9 Å². The number of carbonyl (C=O) groups is 1. The third-order valence-corrected chi connectivity index (χ3v) is 5.31. The second-order valence-electron chi connectivity index (χ2n) is 6.86. The van der Waals surface area contributed by atoms with Crippen LogP contribution in [0.25, 0.3) is 5.69 Å². The van der Waals surface area contributed by atoms with Crippen molar-refractivity contribution in [2.45, 2.75) is 51.1 Å². The highest BCUT2D eigenvalue weighted by Gasteiger charge is 2.30. The summed E-state index contributed by atoms with van der Waals surface area (Å²) < 4.78 is 2.10. The van der Waals surface area contributed by atoms with E-state index in [1.165, 1.54) is 17.7 Å². The fraction of sp³-hybridized carbons (Fsp3) is 0.474. The van der Waals surface area contributed by atoms with Crippen molar-refractivity contribution in [3.05, 3.63) is 47.3 Å². The fourth-order valence-corrected chi connectivity index (χ4v) is 4.12. The summed E-state index contributed by atoms with van der Waals surface area (Å²) in [6.45, 7) is 1.66. The second kappa shape index (κ2) is 6.40. The summed E-state index contributed by atoms with van der Waals surface area (Å²) in [5, 5.41) is 4.91. The lowest BCUT2D eigenvalue weighted by molar-refractivity contribution is -0.124. The zero-order valence-corrected chi connectivity index (χ0v) is 13.9. The number of primary amides is 1. The number of carbonyl (C=O) groups excluding carboxylic acids is 1. The van der Waals surface area contributed by atoms with E-state index in [2.05, 4.69) is 21.7 Å². The van der Waals surface area contributed by atoms with Gasteiger partial charge in [-0.25, -0.2) is 4.68 Å². The number of rotatable bonds is 4. The minimum atomic E-state index is -0.200. The molecule has 1 aliphatic carbocycles. The van der Waals surface area contributed by atoms with Crippen LogP contribution in [0, 0.1) is 0 Å². The van der Waals surface area contributed by atoms with E-state index in [9.17, 15) is 4.79 Å². The molecule has 0 spiro atoms. The van der Waals surface area contributed by atoms with Gasteiger partial charge in [-0.05, 0) is 56.3 Å². The highest BCUT2D eigenvalue weighted by molar-refractivity contribution is 5.79. The van der Waals surface area contributed by atoms with Gasteiger partial charge in [0, 0.05) is 12.2 Å². The van der Waals surface area contributed by atoms with Gasteiger partial charge in [0.15, 0.2) is 0 Å². The van der Waals surface area contributed by atoms with Gasteiger partial charge in [-0.15, -0.1) is 0 Å². The van der Waals surface area contributed by atoms with Gasteiger partial charge in [0.05, 0.1) is 17.4 Å². The molecule has 4 rings (SSSR count). The molecular weight excluding hydrogens is 300 g/mol. The van der Waals surface area contributed by atoms with E-state index in [1.807, 2.05) is 18.2 Å². The van der Waals surface area contributed by atoms with Crippen molar-refractivity contribution >= 4 is 5.91 Å². The number of piperidine rings is 1. The molecule has 24 heavy (non-hydrogen) atoms. The first-order chi connectivity index (χ1) is 11.7. The van der Waals surface area contributed by atoms with Crippen molar-refractivity contribution in [3.8, 4) is 5.69 Å². The Morgan fingerprint density at radius 3 is 2.79 bits per heavy atom. The average Bonchev–Trinajstić information content (AvgIpc) is 3.20. The standard InChI is InChI=1S/C19H24N4O/c20-19(24)18-10-4-5-12-22(18)13-16-15-9-6-11-17(15)23(21-16)14-7-2-1-3-8-14/h1-3,7-8,18H,4-6,9-13H2,(H2,20,24)/t18-/m1/s1. The topological polar surface area (TPSA) is 64.2 Å². The number of hydrogen-bond acceptors (Lipinski definition) is 3. The van der Waals surface area contributed by atoms with Gasteiger partial charge < -0.3 is 5.73 Å². The molecule has 2 N–H and O–H groups in total. The third kappa shape index (κ3) is 2.73. The lowest BCUT2D eigenvalue weighted by atomic mass is 10.0. The molecule has 0 radical (unpaired) electrons. The number of benzene rings is 1. The molecule has 1 aromatic carbocycles. The van der Waals surface area contributed by atoms with E-state index >= 15 is 0 Å². The molecule has 0 bridgehead atoms. The molecular formula is C19H24N4O. The van der Waals surface area contributed by atoms with Crippen LogP contribution in [0.5, 0.6) is 0 Å². The first-order valence-corrected chi connectivity index (χ1v) is 8.92. The Morgan fingerprint density at radius 2 is 2.00 bits per heavy atom. The summed E-state index contributed by atoms with van der Waals surface area (Å²) in [6.07, 6.45) is 6.44. The highest BCUT2D eigenvalue weighted by Crippen LogP contribution is 2.29. The minimum absolute atomic E-state index is 0.141. The van der Waals surface area contributed by atoms with Gasteiger partial charge >= 0.3 is 0 Å². The number of para-hydroxylation sites is 1. The first kappa shape index (κ1) is 15.4. The van der Waals surface area contributed by atoms with Gasteiger partial charge in [-0.3, -0.25) is 9.69 Å². The third-order valence-electron chi connectivity index (χ3n) is 5.31. The molecule has 1 fully saturated rings. The Kier molecular flexibility index (Phi) is 4.10. The van der Waals surface area contributed by atoms with Crippen molar-refractivity contribution in [3.63, 3.8) is 0 Å². The molecule has 0 saturated carbocycles. The molecule has 2 heterocycles. The van der Waals surface area contributed by atoms with Crippen LogP contribution in [0.15, 0.2) is 30.3 Å². The molecule has 1 aliphatic heterocycles. The molecule has 1 aromatic heterocycles. The van der Waals surface area contributed by atoms with Gasteiger partial charge in [0.25, 0.3) is 0 Å². The Morgan fingerprint density at radius 1 is 1.17 bits per heavy atom. The molecule has 5 heteroatoms. The van der Waals surface area contributed by atoms with E-state index in [4.69, 9.17) is 10.8 Å². The van der Waals surface area contributed by atoms with Crippen molar-refractivity contribution in [1.82, 2.24) is 14.7 Å². The van der Waals surface area contributed by atoms with E-state index in [1.54, 1.807) is 0 Å². The number of aromatic nitrogens is 2.